The number of anilines is 1. The van der Waals surface area contributed by atoms with Crippen molar-refractivity contribution in [3.8, 4) is 0 Å². The Bertz CT molecular complexity index is 763. The van der Waals surface area contributed by atoms with Crippen molar-refractivity contribution in [2.75, 3.05) is 31.1 Å². The van der Waals surface area contributed by atoms with Gasteiger partial charge in [0.25, 0.3) is 0 Å². The van der Waals surface area contributed by atoms with E-state index >= 15 is 0 Å². The smallest absolute Gasteiger partial charge is 0.225 e. The lowest BCUT2D eigenvalue weighted by Gasteiger charge is -2.39. The van der Waals surface area contributed by atoms with Crippen LogP contribution in [0.15, 0.2) is 36.5 Å². The van der Waals surface area contributed by atoms with E-state index in [1.54, 1.807) is 0 Å². The Morgan fingerprint density at radius 1 is 1.19 bits per heavy atom. The zero-order chi connectivity index (χ0) is 18.0. The van der Waals surface area contributed by atoms with E-state index in [-0.39, 0.29) is 11.5 Å². The Labute approximate surface area is 159 Å². The third-order valence-electron chi connectivity index (χ3n) is 5.66. The molecular formula is C20H25ClN4O. The number of rotatable bonds is 3. The average molecular weight is 373 g/mol. The summed E-state index contributed by atoms with van der Waals surface area (Å²) in [5, 5.41) is 14.2. The summed E-state index contributed by atoms with van der Waals surface area (Å²) in [6, 6.07) is 10.1. The molecule has 0 amide bonds. The summed E-state index contributed by atoms with van der Waals surface area (Å²) in [5.41, 5.74) is 1.97. The molecule has 0 aliphatic carbocycles. The van der Waals surface area contributed by atoms with Gasteiger partial charge in [-0.05, 0) is 56.5 Å². The summed E-state index contributed by atoms with van der Waals surface area (Å²) in [6.07, 6.45) is 5.28. The molecule has 6 heteroatoms. The van der Waals surface area contributed by atoms with E-state index in [0.29, 0.717) is 12.5 Å². The molecule has 1 aromatic carbocycles. The second-order valence-corrected chi connectivity index (χ2v) is 7.70. The molecule has 138 valence electrons. The highest BCUT2D eigenvalue weighted by Gasteiger charge is 2.39. The Hall–Kier alpha value is -1.69. The number of aliphatic hydroxyl groups excluding tert-OH is 1. The number of β-amino-alcohol motifs (C(OH)–C–C–N with tert-alkyl or cyclic N) is 1. The molecule has 0 saturated carbocycles. The summed E-state index contributed by atoms with van der Waals surface area (Å²) in [4.78, 5) is 11.6. The first-order chi connectivity index (χ1) is 12.7. The Morgan fingerprint density at radius 2 is 2.00 bits per heavy atom. The highest BCUT2D eigenvalue weighted by atomic mass is 35.5. The molecule has 26 heavy (non-hydrogen) atoms. The first kappa shape index (κ1) is 17.7. The molecule has 2 saturated heterocycles. The van der Waals surface area contributed by atoms with Gasteiger partial charge in [-0.3, -0.25) is 0 Å². The maximum absolute atomic E-state index is 10.0. The maximum Gasteiger partial charge on any atom is 0.225 e. The topological polar surface area (TPSA) is 61.3 Å². The number of hydrogen-bond acceptors (Lipinski definition) is 5. The summed E-state index contributed by atoms with van der Waals surface area (Å²) in [6.45, 7) is 3.37. The molecule has 0 spiro atoms. The molecule has 0 radical (unpaired) electrons. The molecule has 1 atom stereocenters. The molecule has 0 bridgehead atoms. The molecule has 5 nitrogen and oxygen atoms in total. The van der Waals surface area contributed by atoms with Crippen LogP contribution in [0.2, 0.25) is 5.02 Å². The standard InChI is InChI=1S/C20H25ClN4O/c21-17-6-2-1-5-16(17)20(8-11-22-12-9-20)18-7-10-23-19(24-18)25-13-3-4-15(26)14-25/h1-2,5-7,10,15,22,26H,3-4,8-9,11-14H2/t15-/m0/s1. The molecule has 2 fully saturated rings. The second kappa shape index (κ2) is 7.51. The van der Waals surface area contributed by atoms with Gasteiger partial charge in [-0.1, -0.05) is 29.8 Å². The van der Waals surface area contributed by atoms with Crippen molar-refractivity contribution in [2.45, 2.75) is 37.2 Å². The molecule has 2 aromatic rings. The molecule has 1 aromatic heterocycles. The Morgan fingerprint density at radius 3 is 2.77 bits per heavy atom. The van der Waals surface area contributed by atoms with Crippen LogP contribution >= 0.6 is 11.6 Å². The number of hydrogen-bond donors (Lipinski definition) is 2. The van der Waals surface area contributed by atoms with Crippen molar-refractivity contribution in [3.05, 3.63) is 52.8 Å². The van der Waals surface area contributed by atoms with Crippen molar-refractivity contribution in [1.29, 1.82) is 0 Å². The van der Waals surface area contributed by atoms with Crippen LogP contribution in [0.4, 0.5) is 5.95 Å². The maximum atomic E-state index is 10.0. The van der Waals surface area contributed by atoms with E-state index in [1.165, 1.54) is 0 Å². The number of aromatic nitrogens is 2. The monoisotopic (exact) mass is 372 g/mol. The van der Waals surface area contributed by atoms with Crippen LogP contribution in [0.5, 0.6) is 0 Å². The van der Waals surface area contributed by atoms with Gasteiger partial charge in [0.2, 0.25) is 5.95 Å². The fourth-order valence-electron chi connectivity index (χ4n) is 4.27. The predicted molar refractivity (Wildman–Crippen MR) is 104 cm³/mol. The van der Waals surface area contributed by atoms with Gasteiger partial charge in [-0.15, -0.1) is 0 Å². The number of aliphatic hydroxyl groups is 1. The van der Waals surface area contributed by atoms with E-state index in [0.717, 1.165) is 61.6 Å². The molecule has 2 N–H and O–H groups in total. The molecular weight excluding hydrogens is 348 g/mol. The van der Waals surface area contributed by atoms with Crippen LogP contribution in [0.3, 0.4) is 0 Å². The lowest BCUT2D eigenvalue weighted by atomic mass is 9.70. The van der Waals surface area contributed by atoms with E-state index in [4.69, 9.17) is 16.6 Å². The summed E-state index contributed by atoms with van der Waals surface area (Å²) < 4.78 is 0. The van der Waals surface area contributed by atoms with Crippen molar-refractivity contribution in [2.24, 2.45) is 0 Å². The second-order valence-electron chi connectivity index (χ2n) is 7.30. The minimum atomic E-state index is -0.299. The van der Waals surface area contributed by atoms with Crippen LogP contribution in [-0.2, 0) is 5.41 Å². The van der Waals surface area contributed by atoms with Gasteiger partial charge in [0.1, 0.15) is 0 Å². The van der Waals surface area contributed by atoms with E-state index in [1.807, 2.05) is 30.5 Å². The Balaban J connectivity index is 1.75. The Kier molecular flexibility index (Phi) is 5.11. The van der Waals surface area contributed by atoms with Gasteiger partial charge >= 0.3 is 0 Å². The summed E-state index contributed by atoms with van der Waals surface area (Å²) in [7, 11) is 0. The normalized spacial score (nSPS) is 23.0. The van der Waals surface area contributed by atoms with Crippen LogP contribution in [0.1, 0.15) is 36.9 Å². The third-order valence-corrected chi connectivity index (χ3v) is 5.99. The van der Waals surface area contributed by atoms with Gasteiger partial charge in [0, 0.05) is 29.7 Å². The van der Waals surface area contributed by atoms with Crippen molar-refractivity contribution in [3.63, 3.8) is 0 Å². The zero-order valence-electron chi connectivity index (χ0n) is 14.9. The minimum Gasteiger partial charge on any atom is -0.391 e. The van der Waals surface area contributed by atoms with Gasteiger partial charge < -0.3 is 15.3 Å². The number of benzene rings is 1. The highest BCUT2D eigenvalue weighted by Crippen LogP contribution is 2.42. The molecule has 2 aliphatic heterocycles. The highest BCUT2D eigenvalue weighted by molar-refractivity contribution is 6.31. The number of halogens is 1. The molecule has 3 heterocycles. The quantitative estimate of drug-likeness (QED) is 0.867. The van der Waals surface area contributed by atoms with Crippen LogP contribution in [-0.4, -0.2) is 47.4 Å². The molecule has 0 unspecified atom stereocenters. The molecule has 2 aliphatic rings. The van der Waals surface area contributed by atoms with Gasteiger partial charge in [0.15, 0.2) is 0 Å². The van der Waals surface area contributed by atoms with E-state index in [9.17, 15) is 5.11 Å². The lowest BCUT2D eigenvalue weighted by molar-refractivity contribution is 0.153. The van der Waals surface area contributed by atoms with Crippen molar-refractivity contribution in [1.82, 2.24) is 15.3 Å². The predicted octanol–water partition coefficient (Wildman–Crippen LogP) is 2.76. The van der Waals surface area contributed by atoms with E-state index in [2.05, 4.69) is 21.3 Å². The number of nitrogens with zero attached hydrogens (tertiary/aromatic N) is 3. The lowest BCUT2D eigenvalue weighted by Crippen LogP contribution is -2.43. The summed E-state index contributed by atoms with van der Waals surface area (Å²) in [5.74, 6) is 0.714. The van der Waals surface area contributed by atoms with Gasteiger partial charge in [-0.2, -0.15) is 0 Å². The summed E-state index contributed by atoms with van der Waals surface area (Å²) >= 11 is 6.60. The van der Waals surface area contributed by atoms with Crippen LogP contribution in [0.25, 0.3) is 0 Å². The van der Waals surface area contributed by atoms with Gasteiger partial charge in [0.05, 0.1) is 11.8 Å². The number of nitrogens with one attached hydrogen (secondary N) is 1. The van der Waals surface area contributed by atoms with Crippen molar-refractivity contribution < 1.29 is 5.11 Å². The largest absolute Gasteiger partial charge is 0.391 e. The molecule has 4 rings (SSSR count). The first-order valence-corrected chi connectivity index (χ1v) is 9.79. The van der Waals surface area contributed by atoms with Crippen LogP contribution < -0.4 is 10.2 Å². The fraction of sp³-hybridized carbons (Fsp3) is 0.500. The zero-order valence-corrected chi connectivity index (χ0v) is 15.6. The van der Waals surface area contributed by atoms with Gasteiger partial charge in [-0.25, -0.2) is 9.97 Å². The fourth-order valence-corrected chi connectivity index (χ4v) is 4.59. The SMILES string of the molecule is O[C@H]1CCCN(c2nccc(C3(c4ccccc4Cl)CCNCC3)n2)C1. The average Bonchev–Trinajstić information content (AvgIpc) is 2.69. The number of piperidine rings is 2. The third kappa shape index (κ3) is 3.31. The minimum absolute atomic E-state index is 0.199. The van der Waals surface area contributed by atoms with Crippen molar-refractivity contribution >= 4 is 17.5 Å². The van der Waals surface area contributed by atoms with E-state index < -0.39 is 0 Å². The van der Waals surface area contributed by atoms with Crippen LogP contribution in [0, 0.1) is 0 Å². The first-order valence-electron chi connectivity index (χ1n) is 9.41.